The Kier molecular flexibility index (Phi) is 6.92. The van der Waals surface area contributed by atoms with E-state index >= 15 is 4.39 Å². The molecule has 5 nitrogen and oxygen atoms in total. The van der Waals surface area contributed by atoms with E-state index in [2.05, 4.69) is 26.4 Å². The molecule has 2 aliphatic rings. The summed E-state index contributed by atoms with van der Waals surface area (Å²) in [6, 6.07) is 11.6. The molecule has 0 aliphatic carbocycles. The Bertz CT molecular complexity index is 968. The Hall–Kier alpha value is -2.38. The van der Waals surface area contributed by atoms with Crippen LogP contribution in [0.3, 0.4) is 0 Å². The molecule has 2 aliphatic heterocycles. The van der Waals surface area contributed by atoms with E-state index in [9.17, 15) is 0 Å². The van der Waals surface area contributed by atoms with Crippen LogP contribution >= 0.6 is 23.8 Å². The summed E-state index contributed by atoms with van der Waals surface area (Å²) >= 11 is 11.0. The van der Waals surface area contributed by atoms with Crippen molar-refractivity contribution >= 4 is 46.5 Å². The zero-order valence-corrected chi connectivity index (χ0v) is 18.9. The Morgan fingerprint density at radius 2 is 1.81 bits per heavy atom. The monoisotopic (exact) mass is 459 g/mol. The van der Waals surface area contributed by atoms with Crippen LogP contribution in [-0.4, -0.2) is 37.5 Å². The molecule has 31 heavy (non-hydrogen) atoms. The lowest BCUT2D eigenvalue weighted by atomic mass is 9.89. The first kappa shape index (κ1) is 21.8. The molecular formula is C23H27ClFN5S. The number of piperidine rings is 1. The number of nitrogens with one attached hydrogen (secondary N) is 1. The summed E-state index contributed by atoms with van der Waals surface area (Å²) < 4.78 is 15.2. The lowest BCUT2D eigenvalue weighted by Crippen LogP contribution is -2.34. The fourth-order valence-corrected chi connectivity index (χ4v) is 4.77. The van der Waals surface area contributed by atoms with Gasteiger partial charge in [-0.2, -0.15) is 5.10 Å². The van der Waals surface area contributed by atoms with Crippen molar-refractivity contribution in [1.29, 1.82) is 0 Å². The molecule has 2 saturated heterocycles. The van der Waals surface area contributed by atoms with Crippen LogP contribution in [0.25, 0.3) is 0 Å². The number of benzene rings is 2. The highest BCUT2D eigenvalue weighted by Gasteiger charge is 2.25. The maximum atomic E-state index is 15.2. The van der Waals surface area contributed by atoms with E-state index in [4.69, 9.17) is 29.6 Å². The minimum atomic E-state index is -0.235. The van der Waals surface area contributed by atoms with Gasteiger partial charge in [0.15, 0.2) is 5.11 Å². The summed E-state index contributed by atoms with van der Waals surface area (Å²) in [5, 5.41) is 4.90. The van der Waals surface area contributed by atoms with Gasteiger partial charge >= 0.3 is 0 Å². The molecular weight excluding hydrogens is 433 g/mol. The van der Waals surface area contributed by atoms with Gasteiger partial charge in [-0.05, 0) is 73.6 Å². The predicted molar refractivity (Wildman–Crippen MR) is 131 cm³/mol. The van der Waals surface area contributed by atoms with Crippen molar-refractivity contribution in [1.82, 2.24) is 5.43 Å². The quantitative estimate of drug-likeness (QED) is 0.388. The fraction of sp³-hybridized carbons (Fsp3) is 0.391. The Labute approximate surface area is 193 Å². The van der Waals surface area contributed by atoms with Crippen LogP contribution in [0, 0.1) is 5.82 Å². The van der Waals surface area contributed by atoms with E-state index in [1.165, 1.54) is 5.56 Å². The zero-order valence-electron chi connectivity index (χ0n) is 17.4. The van der Waals surface area contributed by atoms with Gasteiger partial charge in [-0.25, -0.2) is 4.39 Å². The average molecular weight is 460 g/mol. The molecule has 8 heteroatoms. The third kappa shape index (κ3) is 5.28. The van der Waals surface area contributed by atoms with Gasteiger partial charge in [0.05, 0.1) is 11.9 Å². The summed E-state index contributed by atoms with van der Waals surface area (Å²) in [6.45, 7) is 3.55. The number of hydrogen-bond donors (Lipinski definition) is 2. The summed E-state index contributed by atoms with van der Waals surface area (Å²) in [6.07, 6.45) is 5.81. The van der Waals surface area contributed by atoms with Crippen LogP contribution in [-0.2, 0) is 0 Å². The highest BCUT2D eigenvalue weighted by Crippen LogP contribution is 2.36. The largest absolute Gasteiger partial charge is 0.375 e. The molecule has 0 aromatic heterocycles. The number of anilines is 2. The first-order valence-corrected chi connectivity index (χ1v) is 11.5. The second-order valence-corrected chi connectivity index (χ2v) is 8.98. The molecule has 3 N–H and O–H groups in total. The second kappa shape index (κ2) is 9.83. The molecule has 2 aromatic carbocycles. The average Bonchev–Trinajstić information content (AvgIpc) is 3.28. The third-order valence-electron chi connectivity index (χ3n) is 6.08. The molecule has 4 rings (SSSR count). The number of hydrogen-bond acceptors (Lipinski definition) is 4. The lowest BCUT2D eigenvalue weighted by Gasteiger charge is -2.35. The highest BCUT2D eigenvalue weighted by molar-refractivity contribution is 7.80. The first-order valence-electron chi connectivity index (χ1n) is 10.7. The summed E-state index contributed by atoms with van der Waals surface area (Å²) in [5.41, 5.74) is 11.6. The third-order valence-corrected chi connectivity index (χ3v) is 6.40. The van der Waals surface area contributed by atoms with Gasteiger partial charge in [-0.1, -0.05) is 23.7 Å². The van der Waals surface area contributed by atoms with Gasteiger partial charge in [0.2, 0.25) is 0 Å². The van der Waals surface area contributed by atoms with Crippen molar-refractivity contribution in [3.8, 4) is 0 Å². The molecule has 2 heterocycles. The Balaban J connectivity index is 1.55. The van der Waals surface area contributed by atoms with Crippen LogP contribution in [0.1, 0.15) is 42.7 Å². The van der Waals surface area contributed by atoms with Crippen LogP contribution in [0.4, 0.5) is 15.8 Å². The number of rotatable bonds is 5. The summed E-state index contributed by atoms with van der Waals surface area (Å²) in [5.74, 6) is 0.217. The van der Waals surface area contributed by atoms with Gasteiger partial charge in [0.25, 0.3) is 0 Å². The van der Waals surface area contributed by atoms with E-state index in [-0.39, 0.29) is 10.9 Å². The molecule has 0 saturated carbocycles. The molecule has 2 aromatic rings. The summed E-state index contributed by atoms with van der Waals surface area (Å²) in [4.78, 5) is 4.45. The van der Waals surface area contributed by atoms with Gasteiger partial charge in [-0.15, -0.1) is 0 Å². The minimum Gasteiger partial charge on any atom is -0.375 e. The summed E-state index contributed by atoms with van der Waals surface area (Å²) in [7, 11) is 0. The van der Waals surface area contributed by atoms with Crippen molar-refractivity contribution in [2.75, 3.05) is 36.0 Å². The molecule has 0 radical (unpaired) electrons. The second-order valence-electron chi connectivity index (χ2n) is 8.11. The molecule has 164 valence electrons. The van der Waals surface area contributed by atoms with Gasteiger partial charge in [0.1, 0.15) is 5.82 Å². The van der Waals surface area contributed by atoms with Gasteiger partial charge in [-0.3, -0.25) is 5.43 Å². The van der Waals surface area contributed by atoms with Crippen LogP contribution < -0.4 is 21.0 Å². The Morgan fingerprint density at radius 1 is 1.10 bits per heavy atom. The molecule has 0 unspecified atom stereocenters. The van der Waals surface area contributed by atoms with Crippen molar-refractivity contribution in [3.05, 3.63) is 58.4 Å². The van der Waals surface area contributed by atoms with Gasteiger partial charge in [0, 0.05) is 42.5 Å². The minimum absolute atomic E-state index is 0.0821. The van der Waals surface area contributed by atoms with Crippen molar-refractivity contribution in [3.63, 3.8) is 0 Å². The van der Waals surface area contributed by atoms with E-state index in [1.54, 1.807) is 12.3 Å². The van der Waals surface area contributed by atoms with Crippen LogP contribution in [0.2, 0.25) is 5.02 Å². The zero-order chi connectivity index (χ0) is 21.8. The fourth-order valence-electron chi connectivity index (χ4n) is 4.52. The van der Waals surface area contributed by atoms with Crippen molar-refractivity contribution < 1.29 is 4.39 Å². The SMILES string of the molecule is NC(=S)N/N=C/c1cc(F)c(N2CCC(c3cccc(Cl)c3)CC2)cc1N1CCCC1. The van der Waals surface area contributed by atoms with Crippen LogP contribution in [0.5, 0.6) is 0 Å². The van der Waals surface area contributed by atoms with E-state index in [0.29, 0.717) is 11.6 Å². The Morgan fingerprint density at radius 3 is 2.48 bits per heavy atom. The smallest absolute Gasteiger partial charge is 0.184 e. The molecule has 0 atom stereocenters. The molecule has 2 fully saturated rings. The maximum absolute atomic E-state index is 15.2. The highest BCUT2D eigenvalue weighted by atomic mass is 35.5. The number of thiocarbonyl (C=S) groups is 1. The van der Waals surface area contributed by atoms with E-state index in [0.717, 1.165) is 68.1 Å². The van der Waals surface area contributed by atoms with Crippen LogP contribution in [0.15, 0.2) is 41.5 Å². The normalized spacial score (nSPS) is 17.5. The number of nitrogens with zero attached hydrogens (tertiary/aromatic N) is 3. The molecule has 0 spiro atoms. The number of hydrazone groups is 1. The molecule has 0 amide bonds. The van der Waals surface area contributed by atoms with Crippen molar-refractivity contribution in [2.24, 2.45) is 10.8 Å². The number of nitrogens with two attached hydrogens (primary N) is 1. The standard InChI is InChI=1S/C23H27ClFN5S/c24-19-5-3-4-17(12-19)16-6-10-30(11-7-16)22-14-21(29-8-1-2-9-29)18(13-20(22)25)15-27-28-23(26)31/h3-5,12-16H,1-2,6-11H2,(H3,26,28,31)/b27-15+. The number of halogens is 2. The van der Waals surface area contributed by atoms with E-state index in [1.807, 2.05) is 24.3 Å². The predicted octanol–water partition coefficient (Wildman–Crippen LogP) is 4.63. The van der Waals surface area contributed by atoms with Gasteiger partial charge < -0.3 is 15.5 Å². The van der Waals surface area contributed by atoms with E-state index < -0.39 is 0 Å². The van der Waals surface area contributed by atoms with Crippen molar-refractivity contribution in [2.45, 2.75) is 31.6 Å². The topological polar surface area (TPSA) is 56.9 Å². The first-order chi connectivity index (χ1) is 15.0. The molecule has 0 bridgehead atoms. The maximum Gasteiger partial charge on any atom is 0.184 e. The lowest BCUT2D eigenvalue weighted by molar-refractivity contribution is 0.497.